The molecule has 0 amide bonds. The van der Waals surface area contributed by atoms with Gasteiger partial charge in [0.05, 0.1) is 26.3 Å². The zero-order valence-corrected chi connectivity index (χ0v) is 22.9. The van der Waals surface area contributed by atoms with Gasteiger partial charge in [-0.2, -0.15) is 0 Å². The number of rotatable bonds is 0. The van der Waals surface area contributed by atoms with E-state index >= 15 is 0 Å². The fraction of sp³-hybridized carbons (Fsp3) is 0.0667. The van der Waals surface area contributed by atoms with E-state index in [1.807, 2.05) is 98.8 Å². The largest absolute Gasteiger partial charge is 0.238 e. The standard InChI is InChI=1S/2C8H7N.2C7H5N.2Pd/c2*1-7-3-5-8(9-2)6-4-7;2*1-8-7-5-3-2-4-6-7;;/h2*3-6H,1H3;2*2-6H;;. The van der Waals surface area contributed by atoms with Crippen molar-refractivity contribution in [2.24, 2.45) is 0 Å². The Morgan fingerprint density at radius 1 is 0.361 bits per heavy atom. The zero-order chi connectivity index (χ0) is 25.0. The summed E-state index contributed by atoms with van der Waals surface area (Å²) in [6.07, 6.45) is 0. The van der Waals surface area contributed by atoms with E-state index in [0.717, 1.165) is 0 Å². The molecule has 0 saturated heterocycles. The second-order valence-electron chi connectivity index (χ2n) is 6.79. The first kappa shape index (κ1) is 34.3. The van der Waals surface area contributed by atoms with Crippen LogP contribution in [0.4, 0.5) is 22.7 Å². The van der Waals surface area contributed by atoms with Crippen molar-refractivity contribution in [1.29, 1.82) is 0 Å². The third-order valence-electron chi connectivity index (χ3n) is 4.10. The fourth-order valence-electron chi connectivity index (χ4n) is 2.24. The van der Waals surface area contributed by atoms with Crippen molar-refractivity contribution in [3.8, 4) is 0 Å². The van der Waals surface area contributed by atoms with Gasteiger partial charge >= 0.3 is 0 Å². The van der Waals surface area contributed by atoms with Crippen molar-refractivity contribution >= 4 is 22.7 Å². The van der Waals surface area contributed by atoms with Gasteiger partial charge in [0.2, 0.25) is 0 Å². The van der Waals surface area contributed by atoms with Crippen molar-refractivity contribution in [3.05, 3.63) is 166 Å². The van der Waals surface area contributed by atoms with Crippen molar-refractivity contribution in [2.45, 2.75) is 13.8 Å². The van der Waals surface area contributed by atoms with E-state index in [1.54, 1.807) is 24.3 Å². The molecule has 6 heteroatoms. The summed E-state index contributed by atoms with van der Waals surface area (Å²) in [5.41, 5.74) is 5.21. The Bertz CT molecular complexity index is 1170. The van der Waals surface area contributed by atoms with Crippen LogP contribution in [0.3, 0.4) is 0 Å². The summed E-state index contributed by atoms with van der Waals surface area (Å²) in [6.45, 7) is 30.4. The number of aryl methyl sites for hydroxylation is 2. The average molecular weight is 653 g/mol. The van der Waals surface area contributed by atoms with Crippen LogP contribution in [0.2, 0.25) is 0 Å². The first-order valence-electron chi connectivity index (χ1n) is 10.3. The van der Waals surface area contributed by atoms with Gasteiger partial charge < -0.3 is 0 Å². The van der Waals surface area contributed by atoms with Gasteiger partial charge in [-0.15, -0.1) is 0 Å². The van der Waals surface area contributed by atoms with Gasteiger partial charge in [-0.1, -0.05) is 120 Å². The van der Waals surface area contributed by atoms with Gasteiger partial charge in [0.25, 0.3) is 0 Å². The molecule has 0 aliphatic heterocycles. The Balaban J connectivity index is 0. The van der Waals surface area contributed by atoms with Crippen LogP contribution in [-0.4, -0.2) is 0 Å². The monoisotopic (exact) mass is 652 g/mol. The Morgan fingerprint density at radius 2 is 0.583 bits per heavy atom. The minimum Gasteiger partial charge on any atom is -0.238 e. The number of hydrogen-bond donors (Lipinski definition) is 0. The normalized spacial score (nSPS) is 7.72. The average Bonchev–Trinajstić information content (AvgIpc) is 2.91. The van der Waals surface area contributed by atoms with Crippen LogP contribution in [-0.2, 0) is 40.8 Å². The molecule has 0 unspecified atom stereocenters. The third-order valence-corrected chi connectivity index (χ3v) is 4.10. The minimum atomic E-state index is 0. The maximum absolute atomic E-state index is 6.64. The molecule has 4 aromatic carbocycles. The molecule has 0 bridgehead atoms. The van der Waals surface area contributed by atoms with Crippen LogP contribution in [0.1, 0.15) is 11.1 Å². The van der Waals surface area contributed by atoms with E-state index in [9.17, 15) is 0 Å². The molecule has 0 radical (unpaired) electrons. The first-order valence-corrected chi connectivity index (χ1v) is 10.3. The quantitative estimate of drug-likeness (QED) is 0.133. The van der Waals surface area contributed by atoms with Crippen molar-refractivity contribution in [3.63, 3.8) is 0 Å². The summed E-state index contributed by atoms with van der Waals surface area (Å²) in [6, 6.07) is 33.4. The molecular weight excluding hydrogens is 629 g/mol. The molecule has 0 aromatic heterocycles. The van der Waals surface area contributed by atoms with Gasteiger partial charge in [-0.25, -0.2) is 19.4 Å². The maximum atomic E-state index is 6.64. The van der Waals surface area contributed by atoms with E-state index in [1.165, 1.54) is 11.1 Å². The number of para-hydroxylation sites is 2. The Labute approximate surface area is 242 Å². The molecule has 0 N–H and O–H groups in total. The van der Waals surface area contributed by atoms with E-state index in [4.69, 9.17) is 26.3 Å². The topological polar surface area (TPSA) is 17.4 Å². The molecule has 4 nitrogen and oxygen atoms in total. The van der Waals surface area contributed by atoms with Crippen LogP contribution in [0.25, 0.3) is 19.4 Å². The summed E-state index contributed by atoms with van der Waals surface area (Å²) in [5, 5.41) is 0. The van der Waals surface area contributed by atoms with Crippen LogP contribution in [0.15, 0.2) is 109 Å². The smallest absolute Gasteiger partial charge is 0.187 e. The summed E-state index contributed by atoms with van der Waals surface area (Å²) >= 11 is 0. The van der Waals surface area contributed by atoms with Crippen LogP contribution >= 0.6 is 0 Å². The van der Waals surface area contributed by atoms with Gasteiger partial charge in [0.15, 0.2) is 22.7 Å². The van der Waals surface area contributed by atoms with E-state index in [-0.39, 0.29) is 40.8 Å². The number of hydrogen-bond acceptors (Lipinski definition) is 0. The van der Waals surface area contributed by atoms with Crippen molar-refractivity contribution in [1.82, 2.24) is 0 Å². The summed E-state index contributed by atoms with van der Waals surface area (Å²) in [5.74, 6) is 0. The molecular formula is C30H24N4Pd2. The van der Waals surface area contributed by atoms with Crippen LogP contribution in [0, 0.1) is 40.1 Å². The molecule has 0 atom stereocenters. The summed E-state index contributed by atoms with van der Waals surface area (Å²) in [7, 11) is 0. The molecule has 0 heterocycles. The van der Waals surface area contributed by atoms with Gasteiger partial charge in [-0.05, 0) is 13.8 Å². The fourth-order valence-corrected chi connectivity index (χ4v) is 2.24. The van der Waals surface area contributed by atoms with Crippen LogP contribution < -0.4 is 0 Å². The van der Waals surface area contributed by atoms with E-state index in [2.05, 4.69) is 19.4 Å². The van der Waals surface area contributed by atoms with E-state index in [0.29, 0.717) is 22.7 Å². The first-order chi connectivity index (χ1) is 16.5. The molecule has 4 aromatic rings. The number of benzene rings is 4. The summed E-state index contributed by atoms with van der Waals surface area (Å²) < 4.78 is 0. The predicted octanol–water partition coefficient (Wildman–Crippen LogP) is 9.56. The number of nitrogens with zero attached hydrogens (tertiary/aromatic N) is 4. The van der Waals surface area contributed by atoms with Gasteiger partial charge in [-0.3, -0.25) is 0 Å². The predicted molar refractivity (Wildman–Crippen MR) is 140 cm³/mol. The molecule has 0 aliphatic carbocycles. The molecule has 0 fully saturated rings. The molecule has 184 valence electrons. The van der Waals surface area contributed by atoms with Gasteiger partial charge in [0, 0.05) is 40.8 Å². The summed E-state index contributed by atoms with van der Waals surface area (Å²) in [4.78, 5) is 13.0. The maximum Gasteiger partial charge on any atom is 0.187 e. The molecule has 36 heavy (non-hydrogen) atoms. The Kier molecular flexibility index (Phi) is 20.7. The van der Waals surface area contributed by atoms with E-state index < -0.39 is 0 Å². The molecule has 0 saturated carbocycles. The third kappa shape index (κ3) is 15.9. The van der Waals surface area contributed by atoms with Crippen LogP contribution in [0.5, 0.6) is 0 Å². The second-order valence-corrected chi connectivity index (χ2v) is 6.79. The zero-order valence-electron chi connectivity index (χ0n) is 19.8. The molecule has 0 spiro atoms. The van der Waals surface area contributed by atoms with Crippen molar-refractivity contribution < 1.29 is 40.8 Å². The molecule has 0 aliphatic rings. The second kappa shape index (κ2) is 21.7. The SMILES string of the molecule is [C-]#[N+]c1ccc(C)cc1.[C-]#[N+]c1ccc(C)cc1.[C-]#[N+]c1ccccc1.[C-]#[N+]c1ccccc1.[Pd].[Pd]. The van der Waals surface area contributed by atoms with Gasteiger partial charge in [0.1, 0.15) is 0 Å². The molecule has 4 rings (SSSR count). The Hall–Kier alpha value is -3.84. The minimum absolute atomic E-state index is 0. The van der Waals surface area contributed by atoms with Crippen molar-refractivity contribution in [2.75, 3.05) is 0 Å². The Morgan fingerprint density at radius 3 is 0.778 bits per heavy atom.